The van der Waals surface area contributed by atoms with E-state index >= 15 is 0 Å². The highest BCUT2D eigenvalue weighted by Crippen LogP contribution is 2.34. The number of hydrogen-bond acceptors (Lipinski definition) is 3. The molecule has 0 aliphatic carbocycles. The number of nitrogens with zero attached hydrogens (tertiary/aromatic N) is 1. The highest BCUT2D eigenvalue weighted by Gasteiger charge is 2.36. The predicted molar refractivity (Wildman–Crippen MR) is 82.6 cm³/mol. The van der Waals surface area contributed by atoms with Gasteiger partial charge in [0.05, 0.1) is 6.04 Å². The Morgan fingerprint density at radius 1 is 1.24 bits per heavy atom. The lowest BCUT2D eigenvalue weighted by Gasteiger charge is -2.43. The standard InChI is InChI=1S/C17H23FN2O/c1-17(2,20-9-4-3-5-10-20)16(19)14-11-12-7-6-8-13(18)15(12)21-14/h6-8,11,16H,3-5,9-10,19H2,1-2H3. The van der Waals surface area contributed by atoms with E-state index in [1.807, 2.05) is 12.1 Å². The second-order valence-electron chi connectivity index (χ2n) is 6.49. The molecular weight excluding hydrogens is 267 g/mol. The van der Waals surface area contributed by atoms with Crippen molar-refractivity contribution in [3.63, 3.8) is 0 Å². The van der Waals surface area contributed by atoms with E-state index < -0.39 is 0 Å². The third-order valence-corrected chi connectivity index (χ3v) is 4.75. The summed E-state index contributed by atoms with van der Waals surface area (Å²) >= 11 is 0. The molecule has 3 rings (SSSR count). The van der Waals surface area contributed by atoms with Gasteiger partial charge in [-0.15, -0.1) is 0 Å². The van der Waals surface area contributed by atoms with Crippen LogP contribution in [0.3, 0.4) is 0 Å². The Morgan fingerprint density at radius 3 is 2.62 bits per heavy atom. The minimum atomic E-state index is -0.332. The van der Waals surface area contributed by atoms with Gasteiger partial charge in [-0.1, -0.05) is 18.6 Å². The van der Waals surface area contributed by atoms with Gasteiger partial charge in [-0.2, -0.15) is 0 Å². The summed E-state index contributed by atoms with van der Waals surface area (Å²) in [4.78, 5) is 2.42. The molecule has 1 aromatic heterocycles. The molecule has 1 saturated heterocycles. The van der Waals surface area contributed by atoms with Crippen LogP contribution < -0.4 is 5.73 Å². The van der Waals surface area contributed by atoms with Crippen molar-refractivity contribution < 1.29 is 8.81 Å². The van der Waals surface area contributed by atoms with Crippen molar-refractivity contribution in [2.45, 2.75) is 44.7 Å². The van der Waals surface area contributed by atoms with Crippen LogP contribution in [0.25, 0.3) is 11.0 Å². The number of likely N-dealkylation sites (tertiary alicyclic amines) is 1. The zero-order valence-electron chi connectivity index (χ0n) is 12.7. The summed E-state index contributed by atoms with van der Waals surface area (Å²) in [5.41, 5.74) is 6.56. The second kappa shape index (κ2) is 5.43. The fourth-order valence-corrected chi connectivity index (χ4v) is 3.22. The Labute approximate surface area is 124 Å². The van der Waals surface area contributed by atoms with E-state index in [9.17, 15) is 4.39 Å². The summed E-state index contributed by atoms with van der Waals surface area (Å²) in [5.74, 6) is 0.326. The van der Waals surface area contributed by atoms with Crippen molar-refractivity contribution in [3.8, 4) is 0 Å². The number of furan rings is 1. The van der Waals surface area contributed by atoms with Gasteiger partial charge >= 0.3 is 0 Å². The fourth-order valence-electron chi connectivity index (χ4n) is 3.22. The molecule has 1 aromatic carbocycles. The maximum Gasteiger partial charge on any atom is 0.169 e. The van der Waals surface area contributed by atoms with Crippen molar-refractivity contribution in [1.82, 2.24) is 4.90 Å². The molecule has 0 saturated carbocycles. The van der Waals surface area contributed by atoms with Crippen LogP contribution in [0.2, 0.25) is 0 Å². The van der Waals surface area contributed by atoms with Crippen LogP contribution in [0.5, 0.6) is 0 Å². The third-order valence-electron chi connectivity index (χ3n) is 4.75. The van der Waals surface area contributed by atoms with Crippen molar-refractivity contribution in [3.05, 3.63) is 35.8 Å². The summed E-state index contributed by atoms with van der Waals surface area (Å²) in [6.45, 7) is 6.42. The average Bonchev–Trinajstić information content (AvgIpc) is 2.93. The van der Waals surface area contributed by atoms with Crippen LogP contribution in [0.1, 0.15) is 44.9 Å². The topological polar surface area (TPSA) is 42.4 Å². The van der Waals surface area contributed by atoms with E-state index in [1.165, 1.54) is 25.3 Å². The predicted octanol–water partition coefficient (Wildman–Crippen LogP) is 3.84. The van der Waals surface area contributed by atoms with Gasteiger partial charge in [-0.3, -0.25) is 4.90 Å². The maximum absolute atomic E-state index is 13.8. The normalized spacial score (nSPS) is 19.0. The van der Waals surface area contributed by atoms with Gasteiger partial charge in [0, 0.05) is 10.9 Å². The first-order valence-corrected chi connectivity index (χ1v) is 7.69. The number of para-hydroxylation sites is 1. The number of rotatable bonds is 3. The minimum absolute atomic E-state index is 0.204. The summed E-state index contributed by atoms with van der Waals surface area (Å²) in [5, 5.41) is 0.773. The van der Waals surface area contributed by atoms with Crippen molar-refractivity contribution >= 4 is 11.0 Å². The molecule has 3 nitrogen and oxygen atoms in total. The zero-order valence-corrected chi connectivity index (χ0v) is 12.7. The van der Waals surface area contributed by atoms with E-state index in [0.29, 0.717) is 11.3 Å². The van der Waals surface area contributed by atoms with Crippen LogP contribution in [0.15, 0.2) is 28.7 Å². The van der Waals surface area contributed by atoms with Crippen LogP contribution in [-0.4, -0.2) is 23.5 Å². The summed E-state index contributed by atoms with van der Waals surface area (Å²) in [7, 11) is 0. The van der Waals surface area contributed by atoms with E-state index in [0.717, 1.165) is 18.5 Å². The minimum Gasteiger partial charge on any atom is -0.456 e. The van der Waals surface area contributed by atoms with Gasteiger partial charge in [0.25, 0.3) is 0 Å². The first-order chi connectivity index (χ1) is 10.00. The Kier molecular flexibility index (Phi) is 3.76. The molecule has 4 heteroatoms. The number of fused-ring (bicyclic) bond motifs is 1. The monoisotopic (exact) mass is 290 g/mol. The largest absolute Gasteiger partial charge is 0.456 e. The number of nitrogens with two attached hydrogens (primary N) is 1. The summed E-state index contributed by atoms with van der Waals surface area (Å²) in [6.07, 6.45) is 3.72. The molecule has 2 N–H and O–H groups in total. The number of piperidine rings is 1. The Balaban J connectivity index is 1.91. The molecule has 1 aliphatic heterocycles. The first kappa shape index (κ1) is 14.5. The van der Waals surface area contributed by atoms with E-state index in [4.69, 9.17) is 10.2 Å². The van der Waals surface area contributed by atoms with Gasteiger partial charge in [-0.05, 0) is 51.9 Å². The van der Waals surface area contributed by atoms with Crippen molar-refractivity contribution in [1.29, 1.82) is 0 Å². The lowest BCUT2D eigenvalue weighted by Crippen LogP contribution is -2.52. The lowest BCUT2D eigenvalue weighted by molar-refractivity contribution is 0.0671. The number of hydrogen-bond donors (Lipinski definition) is 1. The molecule has 1 unspecified atom stereocenters. The molecule has 0 spiro atoms. The van der Waals surface area contributed by atoms with Gasteiger partial charge < -0.3 is 10.2 Å². The molecule has 0 radical (unpaired) electrons. The second-order valence-corrected chi connectivity index (χ2v) is 6.49. The molecule has 0 bridgehead atoms. The zero-order chi connectivity index (χ0) is 15.0. The molecule has 114 valence electrons. The van der Waals surface area contributed by atoms with Gasteiger partial charge in [0.1, 0.15) is 5.76 Å². The highest BCUT2D eigenvalue weighted by atomic mass is 19.1. The van der Waals surface area contributed by atoms with E-state index in [2.05, 4.69) is 18.7 Å². The summed E-state index contributed by atoms with van der Waals surface area (Å²) < 4.78 is 19.5. The van der Waals surface area contributed by atoms with E-state index in [-0.39, 0.29) is 17.4 Å². The number of benzene rings is 1. The Hall–Kier alpha value is -1.39. The highest BCUT2D eigenvalue weighted by molar-refractivity contribution is 5.78. The summed E-state index contributed by atoms with van der Waals surface area (Å²) in [6, 6.07) is 6.55. The third kappa shape index (κ3) is 2.58. The maximum atomic E-state index is 13.8. The Bertz CT molecular complexity index is 629. The molecule has 2 aromatic rings. The first-order valence-electron chi connectivity index (χ1n) is 7.69. The van der Waals surface area contributed by atoms with Crippen LogP contribution in [-0.2, 0) is 0 Å². The lowest BCUT2D eigenvalue weighted by atomic mass is 9.89. The van der Waals surface area contributed by atoms with Crippen LogP contribution >= 0.6 is 0 Å². The van der Waals surface area contributed by atoms with Crippen LogP contribution in [0.4, 0.5) is 4.39 Å². The van der Waals surface area contributed by atoms with Gasteiger partial charge in [-0.25, -0.2) is 4.39 Å². The Morgan fingerprint density at radius 2 is 1.95 bits per heavy atom. The average molecular weight is 290 g/mol. The molecule has 2 heterocycles. The van der Waals surface area contributed by atoms with Crippen LogP contribution in [0, 0.1) is 5.82 Å². The quantitative estimate of drug-likeness (QED) is 0.934. The van der Waals surface area contributed by atoms with Gasteiger partial charge in [0.15, 0.2) is 11.4 Å². The van der Waals surface area contributed by atoms with Crippen molar-refractivity contribution in [2.24, 2.45) is 5.73 Å². The molecular formula is C17H23FN2O. The molecule has 1 aliphatic rings. The van der Waals surface area contributed by atoms with Crippen molar-refractivity contribution in [2.75, 3.05) is 13.1 Å². The number of halogens is 1. The molecule has 1 fully saturated rings. The molecule has 21 heavy (non-hydrogen) atoms. The van der Waals surface area contributed by atoms with E-state index in [1.54, 1.807) is 6.07 Å². The fraction of sp³-hybridized carbons (Fsp3) is 0.529. The molecule has 1 atom stereocenters. The SMILES string of the molecule is CC(C)(C(N)c1cc2cccc(F)c2o1)N1CCCCC1. The van der Waals surface area contributed by atoms with Gasteiger partial charge in [0.2, 0.25) is 0 Å². The smallest absolute Gasteiger partial charge is 0.169 e. The molecule has 0 amide bonds.